The Kier molecular flexibility index (Phi) is 41.4. The summed E-state index contributed by atoms with van der Waals surface area (Å²) in [5.41, 5.74) is -3.16. The van der Waals surface area contributed by atoms with Gasteiger partial charge in [0.15, 0.2) is 31.3 Å². The molecule has 106 heavy (non-hydrogen) atoms. The Bertz CT molecular complexity index is 2640. The summed E-state index contributed by atoms with van der Waals surface area (Å²) in [6.45, 7) is 56.5. The fraction of sp³-hybridized carbons (Fsp3) is 0.964. The smallest absolute Gasteiger partial charge is 0.311 e. The Balaban J connectivity index is 0.000000701. The van der Waals surface area contributed by atoms with Crippen LogP contribution in [-0.2, 0) is 76.0 Å². The number of nitrogens with zero attached hydrogens (tertiary/aromatic N) is 2. The van der Waals surface area contributed by atoms with Crippen LogP contribution in [0.15, 0.2) is 0 Å². The van der Waals surface area contributed by atoms with E-state index in [-0.39, 0.29) is 179 Å². The summed E-state index contributed by atoms with van der Waals surface area (Å²) in [6, 6.07) is -0.279. The van der Waals surface area contributed by atoms with Crippen molar-refractivity contribution in [3.05, 3.63) is 0 Å². The number of hydrogen-bond acceptors (Lipinski definition) is 21. The summed E-state index contributed by atoms with van der Waals surface area (Å²) in [4.78, 5) is 44.9. The third kappa shape index (κ3) is 25.4. The minimum atomic E-state index is -0.908. The van der Waals surface area contributed by atoms with Crippen molar-refractivity contribution in [2.24, 2.45) is 80.8 Å². The fourth-order valence-electron chi connectivity index (χ4n) is 19.5. The van der Waals surface area contributed by atoms with Crippen molar-refractivity contribution in [1.29, 1.82) is 0 Å². The second-order valence-corrected chi connectivity index (χ2v) is 37.1. The number of carbonyl (C=O) groups excluding carboxylic acids is 3. The van der Waals surface area contributed by atoms with Crippen LogP contribution in [0.5, 0.6) is 0 Å². The molecule has 28 unspecified atom stereocenters. The number of ether oxygens (including phenoxy) is 13. The van der Waals surface area contributed by atoms with E-state index in [4.69, 9.17) is 61.6 Å². The van der Waals surface area contributed by atoms with Gasteiger partial charge in [-0.2, -0.15) is 0 Å². The van der Waals surface area contributed by atoms with Crippen LogP contribution >= 0.6 is 0 Å². The van der Waals surface area contributed by atoms with E-state index >= 15 is 0 Å². The zero-order valence-electron chi connectivity index (χ0n) is 71.8. The maximum Gasteiger partial charge on any atom is 0.311 e. The van der Waals surface area contributed by atoms with Gasteiger partial charge < -0.3 is 86.7 Å². The molecular formula is C83H156Ac2N2O19. The molecule has 0 aromatic rings. The molecule has 0 aliphatic carbocycles. The van der Waals surface area contributed by atoms with Crippen LogP contribution in [-0.4, -0.2) is 219 Å². The molecule has 0 amide bonds. The molecule has 0 spiro atoms. The number of esters is 3. The number of likely N-dealkylation sites (N-methyl/N-ethyl adjacent to an activating group) is 2. The Hall–Kier alpha value is 0.693. The number of cyclic esters (lactones) is 2. The molecule has 6 heterocycles. The van der Waals surface area contributed by atoms with Gasteiger partial charge in [-0.3, -0.25) is 14.4 Å². The molecule has 6 aliphatic rings. The molecule has 6 fully saturated rings. The second-order valence-electron chi connectivity index (χ2n) is 37.1. The molecule has 0 saturated carbocycles. The Morgan fingerprint density at radius 1 is 0.491 bits per heavy atom. The Morgan fingerprint density at radius 2 is 0.830 bits per heavy atom. The SMILES string of the molecule is C.CC[C@H]1OC(=O)C(C)C(OC2CC(C)(OC)C(O)C(C)O2)C(C)C(OC2OC(C)CC(N(C)C)C2O)C(C)(C)CC(C)CC(C)[C@@H](C)C1(C)C.CC[C@H]1OC(=O)C(C)C(OC2CC(C)(OC)C(OC(C)=O)C(C)O2)C(C)C(OC2OC(C)CC(N(C)C)C2O)C(C)(C)CC(C)CC(C)[C@@H](C)C1(C)C.[Ac].[Ac]. The maximum atomic E-state index is 14.4. The number of hydrogen-bond donors (Lipinski definition) is 3. The summed E-state index contributed by atoms with van der Waals surface area (Å²) in [5, 5.41) is 34.2. The van der Waals surface area contributed by atoms with Crippen LogP contribution in [0.4, 0.5) is 0 Å². The predicted octanol–water partition coefficient (Wildman–Crippen LogP) is 14.1. The van der Waals surface area contributed by atoms with E-state index in [0.717, 1.165) is 25.7 Å². The normalized spacial score (nSPS) is 44.2. The van der Waals surface area contributed by atoms with Gasteiger partial charge in [-0.1, -0.05) is 132 Å². The van der Waals surface area contributed by atoms with E-state index in [0.29, 0.717) is 55.3 Å². The minimum Gasteiger partial charge on any atom is -0.462 e. The van der Waals surface area contributed by atoms with E-state index in [9.17, 15) is 29.7 Å². The molecular weight excluding hydrogens is 1780 g/mol. The van der Waals surface area contributed by atoms with Gasteiger partial charge in [-0.25, -0.2) is 0 Å². The third-order valence-electron chi connectivity index (χ3n) is 26.5. The minimum absolute atomic E-state index is 0. The Morgan fingerprint density at radius 3 is 1.15 bits per heavy atom. The molecule has 21 nitrogen and oxygen atoms in total. The van der Waals surface area contributed by atoms with E-state index in [1.54, 1.807) is 14.2 Å². The summed E-state index contributed by atoms with van der Waals surface area (Å²) in [5.74, 6) is -1.14. The number of aliphatic hydroxyl groups excluding tert-OH is 3. The first kappa shape index (κ1) is 103. The predicted molar refractivity (Wildman–Crippen MR) is 407 cm³/mol. The zero-order chi connectivity index (χ0) is 78.5. The molecule has 0 bridgehead atoms. The van der Waals surface area contributed by atoms with Crippen LogP contribution in [0.25, 0.3) is 0 Å². The van der Waals surface area contributed by atoms with E-state index in [1.807, 2.05) is 93.4 Å². The number of aliphatic hydroxyl groups is 3. The van der Waals surface area contributed by atoms with Crippen molar-refractivity contribution in [3.63, 3.8) is 0 Å². The molecule has 618 valence electrons. The van der Waals surface area contributed by atoms with Crippen molar-refractivity contribution >= 4 is 17.9 Å². The topological polar surface area (TPSA) is 238 Å². The standard InChI is InChI=1S/C42H77NO10.C40H75NO9.CH4.2Ac/c1-18-32-41(12,13)28(7)24(3)19-23(2)21-40(10,11)36(53-39-34(45)31(43(15)16)20-25(4)48-39)26(5)35(27(6)38(46)51-32)52-33-22-42(14,47-17)37(29(8)49-33)50-30(9)44;1-17-30-39(11,12)27(7)23(3)18-22(2)20-38(9,10)35(50-37-32(42)29(41(14)15)19-24(4)46-37)25(5)33(26(6)36(44)48-30)49-31-21-40(13,45-16)34(43)28(8)47-31;;;/h23-29,31-37,39,45H,18-22H2,1-17H3;22-35,37,42-43H,17-21H2,1-16H3;1H4;;/t23?,24?,25?,26?,27?,28-,29?,31?,32-,33?,34?,35?,36?,37?,39?,42?;22?,23?,24?,25?,26?,27-,28?,29?,30-,31?,32?,33?,34?,35?,37?,40?;;;/m11.../s1. The summed E-state index contributed by atoms with van der Waals surface area (Å²) < 4.78 is 83.7. The van der Waals surface area contributed by atoms with Crippen molar-refractivity contribution in [2.45, 2.75) is 392 Å². The average molecular weight is 1940 g/mol. The first-order valence-corrected chi connectivity index (χ1v) is 39.7. The van der Waals surface area contributed by atoms with E-state index in [1.165, 1.54) is 6.92 Å². The molecule has 32 atom stereocenters. The summed E-state index contributed by atoms with van der Waals surface area (Å²) >= 11 is 0. The van der Waals surface area contributed by atoms with Gasteiger partial charge in [-0.15, -0.1) is 0 Å². The van der Waals surface area contributed by atoms with Crippen molar-refractivity contribution in [2.75, 3.05) is 42.4 Å². The first-order chi connectivity index (χ1) is 47.4. The van der Waals surface area contributed by atoms with Gasteiger partial charge in [-0.05, 0) is 181 Å². The first-order valence-electron chi connectivity index (χ1n) is 39.7. The quantitative estimate of drug-likeness (QED) is 0.102. The van der Waals surface area contributed by atoms with Crippen LogP contribution in [0.3, 0.4) is 0 Å². The number of rotatable bonds is 15. The van der Waals surface area contributed by atoms with E-state index < -0.39 is 132 Å². The molecule has 0 aromatic heterocycles. The molecule has 6 aliphatic heterocycles. The molecule has 23 heteroatoms. The molecule has 6 saturated heterocycles. The number of methoxy groups -OCH3 is 2. The van der Waals surface area contributed by atoms with Crippen LogP contribution < -0.4 is 0 Å². The summed E-state index contributed by atoms with van der Waals surface area (Å²) in [7, 11) is 11.1. The zero-order valence-corrected chi connectivity index (χ0v) is 81.3. The van der Waals surface area contributed by atoms with Crippen molar-refractivity contribution in [3.8, 4) is 0 Å². The maximum absolute atomic E-state index is 14.4. The van der Waals surface area contributed by atoms with Crippen molar-refractivity contribution in [1.82, 2.24) is 9.80 Å². The van der Waals surface area contributed by atoms with Gasteiger partial charge in [0, 0.05) is 157 Å². The molecule has 6 rings (SSSR count). The monoisotopic (exact) mass is 1940 g/mol. The number of carbonyl (C=O) groups is 3. The average Bonchev–Trinajstić information content (AvgIpc) is 0.777. The molecule has 0 aromatic carbocycles. The fourth-order valence-corrected chi connectivity index (χ4v) is 19.5. The summed E-state index contributed by atoms with van der Waals surface area (Å²) in [6.07, 6.45) is -3.83. The Labute approximate surface area is 716 Å². The van der Waals surface area contributed by atoms with Crippen LogP contribution in [0.2, 0.25) is 0 Å². The van der Waals surface area contributed by atoms with Gasteiger partial charge >= 0.3 is 17.9 Å². The van der Waals surface area contributed by atoms with Crippen LogP contribution in [0, 0.1) is 169 Å². The molecule has 2 radical (unpaired) electrons. The second kappa shape index (κ2) is 42.7. The van der Waals surface area contributed by atoms with Gasteiger partial charge in [0.05, 0.1) is 66.3 Å². The van der Waals surface area contributed by atoms with Crippen LogP contribution in [0.1, 0.15) is 259 Å². The van der Waals surface area contributed by atoms with E-state index in [2.05, 4.69) is 125 Å². The largest absolute Gasteiger partial charge is 0.462 e. The third-order valence-corrected chi connectivity index (χ3v) is 26.5. The van der Waals surface area contributed by atoms with Gasteiger partial charge in [0.1, 0.15) is 36.1 Å². The van der Waals surface area contributed by atoms with Crippen molar-refractivity contribution < 1.29 is 179 Å². The molecule has 3 N–H and O–H groups in total. The van der Waals surface area contributed by atoms with Gasteiger partial charge in [0.2, 0.25) is 0 Å². The van der Waals surface area contributed by atoms with Gasteiger partial charge in [0.25, 0.3) is 0 Å².